The molecule has 4 heterocycles. The number of alkyl halides is 3. The third kappa shape index (κ3) is 6.92. The number of benzene rings is 1. The summed E-state index contributed by atoms with van der Waals surface area (Å²) in [6, 6.07) is 14.4. The average molecular weight is 561 g/mol. The number of carbonyl (C=O) groups excluding carboxylic acids is 1. The van der Waals surface area contributed by atoms with E-state index in [0.717, 1.165) is 63.4 Å². The molecule has 39 heavy (non-hydrogen) atoms. The number of carboxylic acids is 1. The van der Waals surface area contributed by atoms with Gasteiger partial charge in [0.15, 0.2) is 11.4 Å². The van der Waals surface area contributed by atoms with Crippen LogP contribution >= 0.6 is 11.3 Å². The monoisotopic (exact) mass is 560 g/mol. The molecule has 0 unspecified atom stereocenters. The molecule has 0 saturated carbocycles. The van der Waals surface area contributed by atoms with E-state index >= 15 is 0 Å². The maximum atomic E-state index is 11.6. The van der Waals surface area contributed by atoms with Gasteiger partial charge in [-0.3, -0.25) is 4.79 Å². The van der Waals surface area contributed by atoms with Crippen molar-refractivity contribution in [2.24, 2.45) is 0 Å². The summed E-state index contributed by atoms with van der Waals surface area (Å²) in [4.78, 5) is 27.2. The minimum absolute atomic E-state index is 0.101. The van der Waals surface area contributed by atoms with Gasteiger partial charge in [0.1, 0.15) is 11.6 Å². The van der Waals surface area contributed by atoms with Crippen LogP contribution in [-0.2, 0) is 4.79 Å². The number of nitrogens with zero attached hydrogens (tertiary/aromatic N) is 3. The zero-order valence-electron chi connectivity index (χ0n) is 21.2. The summed E-state index contributed by atoms with van der Waals surface area (Å²) in [6.45, 7) is 5.70. The smallest absolute Gasteiger partial charge is 0.475 e. The van der Waals surface area contributed by atoms with E-state index in [1.807, 2.05) is 22.7 Å². The Balaban J connectivity index is 0.000000448. The molecule has 3 aromatic heterocycles. The van der Waals surface area contributed by atoms with E-state index in [9.17, 15) is 18.0 Å². The summed E-state index contributed by atoms with van der Waals surface area (Å²) < 4.78 is 33.6. The lowest BCUT2D eigenvalue weighted by atomic mass is 10.1. The second-order valence-electron chi connectivity index (χ2n) is 8.95. The zero-order valence-corrected chi connectivity index (χ0v) is 22.0. The number of aromatic nitrogens is 3. The van der Waals surface area contributed by atoms with Crippen molar-refractivity contribution in [3.63, 3.8) is 0 Å². The summed E-state index contributed by atoms with van der Waals surface area (Å²) in [6.07, 6.45) is -1.01. The first kappa shape index (κ1) is 28.0. The van der Waals surface area contributed by atoms with Gasteiger partial charge in [0.05, 0.1) is 11.1 Å². The van der Waals surface area contributed by atoms with Crippen molar-refractivity contribution < 1.29 is 27.9 Å². The normalized spacial score (nSPS) is 15.4. The molecule has 1 aliphatic rings. The number of anilines is 3. The van der Waals surface area contributed by atoms with E-state index in [2.05, 4.69) is 52.2 Å². The maximum Gasteiger partial charge on any atom is 0.490 e. The number of aliphatic carboxylic acids is 1. The highest BCUT2D eigenvalue weighted by Crippen LogP contribution is 2.31. The molecular formula is C26H27F3N6O3S. The van der Waals surface area contributed by atoms with Crippen LogP contribution in [0.5, 0.6) is 0 Å². The number of carbonyl (C=O) groups is 2. The molecule has 13 heteroatoms. The number of thiophene rings is 1. The van der Waals surface area contributed by atoms with Crippen LogP contribution in [0.4, 0.5) is 30.5 Å². The zero-order chi connectivity index (χ0) is 28.2. The number of carboxylic acid groups (broad SMARTS) is 1. The van der Waals surface area contributed by atoms with Crippen molar-refractivity contribution in [3.05, 3.63) is 59.1 Å². The number of nitrogens with one attached hydrogen (secondary N) is 3. The minimum atomic E-state index is -5.08. The van der Waals surface area contributed by atoms with Gasteiger partial charge < -0.3 is 21.1 Å². The highest BCUT2D eigenvalue weighted by Gasteiger charge is 2.38. The van der Waals surface area contributed by atoms with Gasteiger partial charge in [0.2, 0.25) is 0 Å². The Morgan fingerprint density at radius 2 is 1.87 bits per heavy atom. The Morgan fingerprint density at radius 1 is 1.15 bits per heavy atom. The topological polar surface area (TPSA) is 121 Å². The fourth-order valence-corrected chi connectivity index (χ4v) is 4.92. The van der Waals surface area contributed by atoms with Gasteiger partial charge in [0, 0.05) is 34.8 Å². The molecular weight excluding hydrogens is 533 g/mol. The molecule has 0 aliphatic carbocycles. The minimum Gasteiger partial charge on any atom is -0.475 e. The van der Waals surface area contributed by atoms with Crippen LogP contribution in [0, 0.1) is 6.92 Å². The Hall–Kier alpha value is -3.97. The standard InChI is InChI=1S/C24H26N6OS.C2HF3O2/c1-15-23(27-19-4-3-12-25-14-19)29-22-11-13-26-30(22)24(15)28-18-7-5-17(6-8-18)21-10-9-20(32-21)16(2)31;3-2(4,5)1(6)7/h5-11,13,19,25,28H,3-4,12,14H2,1-2H3,(H,27,29);(H,6,7)/t19-;/m0./s1. The van der Waals surface area contributed by atoms with E-state index in [0.29, 0.717) is 6.04 Å². The molecule has 1 aliphatic heterocycles. The predicted molar refractivity (Wildman–Crippen MR) is 144 cm³/mol. The van der Waals surface area contributed by atoms with E-state index < -0.39 is 12.1 Å². The van der Waals surface area contributed by atoms with Crippen LogP contribution in [0.3, 0.4) is 0 Å². The summed E-state index contributed by atoms with van der Waals surface area (Å²) in [5, 5.41) is 22.2. The van der Waals surface area contributed by atoms with Gasteiger partial charge in [-0.15, -0.1) is 11.3 Å². The van der Waals surface area contributed by atoms with Crippen molar-refractivity contribution >= 4 is 46.1 Å². The van der Waals surface area contributed by atoms with Crippen LogP contribution in [0.2, 0.25) is 0 Å². The summed E-state index contributed by atoms with van der Waals surface area (Å²) >= 11 is 1.52. The van der Waals surface area contributed by atoms with Crippen LogP contribution in [-0.4, -0.2) is 56.8 Å². The van der Waals surface area contributed by atoms with E-state index in [1.165, 1.54) is 17.8 Å². The highest BCUT2D eigenvalue weighted by atomic mass is 32.1. The SMILES string of the molecule is CC(=O)c1ccc(-c2ccc(Nc3c(C)c(N[C@H]4CCCNC4)nc4ccnn34)cc2)s1.O=C(O)C(F)(F)F. The number of fused-ring (bicyclic) bond motifs is 1. The molecule has 4 aromatic rings. The molecule has 1 fully saturated rings. The second kappa shape index (κ2) is 11.8. The fraction of sp³-hybridized carbons (Fsp3) is 0.308. The van der Waals surface area contributed by atoms with Crippen LogP contribution in [0.1, 0.15) is 35.0 Å². The molecule has 0 bridgehead atoms. The number of ketones is 1. The first-order valence-electron chi connectivity index (χ1n) is 12.1. The molecule has 9 nitrogen and oxygen atoms in total. The summed E-state index contributed by atoms with van der Waals surface area (Å²) in [7, 11) is 0. The average Bonchev–Trinajstić information content (AvgIpc) is 3.58. The fourth-order valence-electron chi connectivity index (χ4n) is 4.02. The van der Waals surface area contributed by atoms with Crippen LogP contribution in [0.15, 0.2) is 48.7 Å². The van der Waals surface area contributed by atoms with Crippen molar-refractivity contribution in [1.82, 2.24) is 19.9 Å². The van der Waals surface area contributed by atoms with Gasteiger partial charge in [-0.2, -0.15) is 22.8 Å². The number of Topliss-reactive ketones (excluding diaryl/α,β-unsaturated/α-hetero) is 1. The van der Waals surface area contributed by atoms with E-state index in [1.54, 1.807) is 13.1 Å². The highest BCUT2D eigenvalue weighted by molar-refractivity contribution is 7.17. The number of hydrogen-bond acceptors (Lipinski definition) is 8. The number of rotatable bonds is 6. The first-order chi connectivity index (χ1) is 18.5. The lowest BCUT2D eigenvalue weighted by Gasteiger charge is -2.25. The van der Waals surface area contributed by atoms with Crippen LogP contribution < -0.4 is 16.0 Å². The Bertz CT molecular complexity index is 1460. The molecule has 4 N–H and O–H groups in total. The van der Waals surface area contributed by atoms with Gasteiger partial charge in [0.25, 0.3) is 0 Å². The Kier molecular flexibility index (Phi) is 8.51. The molecule has 1 saturated heterocycles. The molecule has 0 spiro atoms. The van der Waals surface area contributed by atoms with Crippen LogP contribution in [0.25, 0.3) is 16.1 Å². The Morgan fingerprint density at radius 3 is 2.46 bits per heavy atom. The van der Waals surface area contributed by atoms with Gasteiger partial charge in [-0.1, -0.05) is 12.1 Å². The Labute approximate surface area is 226 Å². The van der Waals surface area contributed by atoms with Gasteiger partial charge in [-0.25, -0.2) is 9.78 Å². The predicted octanol–water partition coefficient (Wildman–Crippen LogP) is 5.51. The maximum absolute atomic E-state index is 11.6. The molecule has 1 aromatic carbocycles. The second-order valence-corrected chi connectivity index (χ2v) is 10.0. The quantitative estimate of drug-likeness (QED) is 0.228. The van der Waals surface area contributed by atoms with Crippen molar-refractivity contribution in [2.75, 3.05) is 23.7 Å². The molecule has 0 amide bonds. The molecule has 5 rings (SSSR count). The third-order valence-corrected chi connectivity index (χ3v) is 7.27. The summed E-state index contributed by atoms with van der Waals surface area (Å²) in [5.74, 6) is -0.868. The van der Waals surface area contributed by atoms with Crippen molar-refractivity contribution in [3.8, 4) is 10.4 Å². The first-order valence-corrected chi connectivity index (χ1v) is 12.9. The van der Waals surface area contributed by atoms with E-state index in [4.69, 9.17) is 14.9 Å². The largest absolute Gasteiger partial charge is 0.490 e. The molecule has 0 radical (unpaired) electrons. The molecule has 1 atom stereocenters. The number of hydrogen-bond donors (Lipinski definition) is 4. The van der Waals surface area contributed by atoms with Crippen molar-refractivity contribution in [2.45, 2.75) is 38.9 Å². The lowest BCUT2D eigenvalue weighted by Crippen LogP contribution is -2.38. The number of piperidine rings is 1. The van der Waals surface area contributed by atoms with Crippen molar-refractivity contribution in [1.29, 1.82) is 0 Å². The van der Waals surface area contributed by atoms with E-state index in [-0.39, 0.29) is 5.78 Å². The third-order valence-electron chi connectivity index (χ3n) is 6.04. The number of halogens is 3. The lowest BCUT2D eigenvalue weighted by molar-refractivity contribution is -0.192. The van der Waals surface area contributed by atoms with Gasteiger partial charge >= 0.3 is 12.1 Å². The molecule has 206 valence electrons. The van der Waals surface area contributed by atoms with Gasteiger partial charge in [-0.05, 0) is 63.1 Å². The summed E-state index contributed by atoms with van der Waals surface area (Å²) in [5.41, 5.74) is 3.89.